The van der Waals surface area contributed by atoms with Gasteiger partial charge in [-0.05, 0) is 23.6 Å². The third kappa shape index (κ3) is 5.21. The zero-order chi connectivity index (χ0) is 19.3. The molecule has 0 aliphatic carbocycles. The molecule has 0 saturated heterocycles. The summed E-state index contributed by atoms with van der Waals surface area (Å²) in [5, 5.41) is 9.62. The minimum atomic E-state index is -4.64. The van der Waals surface area contributed by atoms with Crippen molar-refractivity contribution in [3.05, 3.63) is 52.7 Å². The summed E-state index contributed by atoms with van der Waals surface area (Å²) in [5.74, 6) is 0.151. The zero-order valence-electron chi connectivity index (χ0n) is 14.6. The van der Waals surface area contributed by atoms with Gasteiger partial charge in [0.1, 0.15) is 5.82 Å². The topological polar surface area (TPSA) is 62.5 Å². The molecule has 2 rings (SSSR count). The van der Waals surface area contributed by atoms with Crippen LogP contribution in [0.2, 0.25) is 0 Å². The summed E-state index contributed by atoms with van der Waals surface area (Å²) in [6, 6.07) is 4.37. The number of alkyl halides is 3. The standard InChI is InChI=1S/C17H20F4N4O/c1-10(2)15-7-13(26-25-15)9-24-16(22-3)23-8-11-4-5-12(18)6-14(11)17(19,20)21/h4-7,10H,8-9H2,1-3H3,(H2,22,23,24). The molecule has 1 heterocycles. The number of nitrogens with one attached hydrogen (secondary N) is 2. The number of rotatable bonds is 5. The van der Waals surface area contributed by atoms with Crippen LogP contribution < -0.4 is 10.6 Å². The van der Waals surface area contributed by atoms with E-state index in [0.717, 1.165) is 17.8 Å². The van der Waals surface area contributed by atoms with E-state index in [4.69, 9.17) is 4.52 Å². The van der Waals surface area contributed by atoms with Crippen LogP contribution in [0.4, 0.5) is 17.6 Å². The molecule has 0 spiro atoms. The highest BCUT2D eigenvalue weighted by Crippen LogP contribution is 2.32. The normalized spacial score (nSPS) is 12.5. The van der Waals surface area contributed by atoms with Crippen molar-refractivity contribution in [1.82, 2.24) is 15.8 Å². The third-order valence-corrected chi connectivity index (χ3v) is 3.65. The van der Waals surface area contributed by atoms with Gasteiger partial charge in [-0.15, -0.1) is 0 Å². The highest BCUT2D eigenvalue weighted by atomic mass is 19.4. The fourth-order valence-corrected chi connectivity index (χ4v) is 2.22. The molecule has 2 N–H and O–H groups in total. The quantitative estimate of drug-likeness (QED) is 0.476. The Labute approximate surface area is 148 Å². The van der Waals surface area contributed by atoms with E-state index in [2.05, 4.69) is 20.8 Å². The molecule has 1 aromatic carbocycles. The SMILES string of the molecule is CN=C(NCc1cc(C(C)C)no1)NCc1ccc(F)cc1C(F)(F)F. The number of guanidine groups is 1. The van der Waals surface area contributed by atoms with E-state index >= 15 is 0 Å². The van der Waals surface area contributed by atoms with Crippen molar-refractivity contribution in [2.75, 3.05) is 7.05 Å². The molecule has 26 heavy (non-hydrogen) atoms. The molecule has 9 heteroatoms. The molecular weight excluding hydrogens is 352 g/mol. The Hall–Kier alpha value is -2.58. The number of nitrogens with zero attached hydrogens (tertiary/aromatic N) is 2. The van der Waals surface area contributed by atoms with Gasteiger partial charge in [-0.3, -0.25) is 4.99 Å². The van der Waals surface area contributed by atoms with Gasteiger partial charge in [0, 0.05) is 19.7 Å². The molecule has 5 nitrogen and oxygen atoms in total. The van der Waals surface area contributed by atoms with Crippen LogP contribution in [0.25, 0.3) is 0 Å². The van der Waals surface area contributed by atoms with Gasteiger partial charge in [0.25, 0.3) is 0 Å². The lowest BCUT2D eigenvalue weighted by molar-refractivity contribution is -0.138. The average molecular weight is 372 g/mol. The van der Waals surface area contributed by atoms with Crippen LogP contribution in [-0.4, -0.2) is 18.2 Å². The van der Waals surface area contributed by atoms with E-state index < -0.39 is 17.6 Å². The van der Waals surface area contributed by atoms with Crippen molar-refractivity contribution in [1.29, 1.82) is 0 Å². The van der Waals surface area contributed by atoms with Crippen LogP contribution in [0.5, 0.6) is 0 Å². The summed E-state index contributed by atoms with van der Waals surface area (Å²) in [6.45, 7) is 4.07. The second kappa shape index (κ2) is 8.20. The first-order chi connectivity index (χ1) is 12.2. The molecule has 0 aliphatic heterocycles. The number of aromatic nitrogens is 1. The van der Waals surface area contributed by atoms with Crippen molar-refractivity contribution < 1.29 is 22.1 Å². The third-order valence-electron chi connectivity index (χ3n) is 3.65. The summed E-state index contributed by atoms with van der Waals surface area (Å²) >= 11 is 0. The van der Waals surface area contributed by atoms with Gasteiger partial charge in [-0.25, -0.2) is 4.39 Å². The lowest BCUT2D eigenvalue weighted by Gasteiger charge is -2.15. The van der Waals surface area contributed by atoms with Crippen LogP contribution >= 0.6 is 0 Å². The number of hydrogen-bond donors (Lipinski definition) is 2. The Morgan fingerprint density at radius 3 is 2.46 bits per heavy atom. The Balaban J connectivity index is 1.99. The first-order valence-electron chi connectivity index (χ1n) is 7.96. The maximum atomic E-state index is 13.1. The van der Waals surface area contributed by atoms with Gasteiger partial charge in [-0.1, -0.05) is 25.1 Å². The van der Waals surface area contributed by atoms with Crippen LogP contribution in [0, 0.1) is 5.82 Å². The number of hydrogen-bond acceptors (Lipinski definition) is 3. The molecule has 0 bridgehead atoms. The first-order valence-corrected chi connectivity index (χ1v) is 7.96. The van der Waals surface area contributed by atoms with E-state index in [1.807, 2.05) is 13.8 Å². The monoisotopic (exact) mass is 372 g/mol. The van der Waals surface area contributed by atoms with Crippen LogP contribution in [0.1, 0.15) is 42.3 Å². The fourth-order valence-electron chi connectivity index (χ4n) is 2.22. The first kappa shape index (κ1) is 19.7. The summed E-state index contributed by atoms with van der Waals surface area (Å²) < 4.78 is 57.3. The highest BCUT2D eigenvalue weighted by Gasteiger charge is 2.33. The molecule has 0 aliphatic rings. The molecule has 0 amide bonds. The van der Waals surface area contributed by atoms with Crippen molar-refractivity contribution in [2.24, 2.45) is 4.99 Å². The van der Waals surface area contributed by atoms with E-state index in [9.17, 15) is 17.6 Å². The molecule has 0 saturated carbocycles. The lowest BCUT2D eigenvalue weighted by atomic mass is 10.1. The van der Waals surface area contributed by atoms with Gasteiger partial charge >= 0.3 is 6.18 Å². The minimum absolute atomic E-state index is 0.0800. The minimum Gasteiger partial charge on any atom is -0.359 e. The molecule has 0 fully saturated rings. The summed E-state index contributed by atoms with van der Waals surface area (Å²) in [5.41, 5.74) is -0.285. The van der Waals surface area contributed by atoms with Crippen LogP contribution in [0.15, 0.2) is 33.8 Å². The second-order valence-electron chi connectivity index (χ2n) is 5.95. The van der Waals surface area contributed by atoms with Crippen molar-refractivity contribution >= 4 is 5.96 Å². The maximum Gasteiger partial charge on any atom is 0.416 e. The molecule has 0 unspecified atom stereocenters. The van der Waals surface area contributed by atoms with E-state index in [-0.39, 0.29) is 30.5 Å². The molecule has 0 radical (unpaired) electrons. The van der Waals surface area contributed by atoms with Crippen LogP contribution in [0.3, 0.4) is 0 Å². The van der Waals surface area contributed by atoms with E-state index in [0.29, 0.717) is 11.8 Å². The second-order valence-corrected chi connectivity index (χ2v) is 5.95. The van der Waals surface area contributed by atoms with E-state index in [1.165, 1.54) is 7.05 Å². The molecule has 2 aromatic rings. The predicted octanol–water partition coefficient (Wildman–Crippen LogP) is 3.82. The molecule has 1 aromatic heterocycles. The Kier molecular flexibility index (Phi) is 6.23. The predicted molar refractivity (Wildman–Crippen MR) is 89.0 cm³/mol. The zero-order valence-corrected chi connectivity index (χ0v) is 14.6. The average Bonchev–Trinajstić information content (AvgIpc) is 3.04. The molecule has 142 valence electrons. The number of aliphatic imine (C=N–C) groups is 1. The molecule has 0 atom stereocenters. The smallest absolute Gasteiger partial charge is 0.359 e. The van der Waals surface area contributed by atoms with E-state index in [1.54, 1.807) is 6.07 Å². The van der Waals surface area contributed by atoms with Crippen molar-refractivity contribution in [3.63, 3.8) is 0 Å². The number of halogens is 4. The highest BCUT2D eigenvalue weighted by molar-refractivity contribution is 5.79. The summed E-state index contributed by atoms with van der Waals surface area (Å²) in [7, 11) is 1.49. The van der Waals surface area contributed by atoms with Gasteiger partial charge in [-0.2, -0.15) is 13.2 Å². The Bertz CT molecular complexity index is 768. The summed E-state index contributed by atoms with van der Waals surface area (Å²) in [4.78, 5) is 3.95. The van der Waals surface area contributed by atoms with Gasteiger partial charge in [0.05, 0.1) is 17.8 Å². The van der Waals surface area contributed by atoms with Gasteiger partial charge in [0.15, 0.2) is 11.7 Å². The fraction of sp³-hybridized carbons (Fsp3) is 0.412. The van der Waals surface area contributed by atoms with Crippen molar-refractivity contribution in [3.8, 4) is 0 Å². The van der Waals surface area contributed by atoms with Gasteiger partial charge in [0.2, 0.25) is 0 Å². The summed E-state index contributed by atoms with van der Waals surface area (Å²) in [6.07, 6.45) is -4.64. The maximum absolute atomic E-state index is 13.1. The van der Waals surface area contributed by atoms with Crippen molar-refractivity contribution in [2.45, 2.75) is 39.0 Å². The largest absolute Gasteiger partial charge is 0.416 e. The Morgan fingerprint density at radius 1 is 1.19 bits per heavy atom. The number of benzene rings is 1. The Morgan fingerprint density at radius 2 is 1.88 bits per heavy atom. The lowest BCUT2D eigenvalue weighted by Crippen LogP contribution is -2.36. The molecular formula is C17H20F4N4O. The van der Waals surface area contributed by atoms with Crippen LogP contribution in [-0.2, 0) is 19.3 Å². The van der Waals surface area contributed by atoms with Gasteiger partial charge < -0.3 is 15.2 Å².